The largest absolute Gasteiger partial charge is 0.484 e. The summed E-state index contributed by atoms with van der Waals surface area (Å²) in [6.07, 6.45) is 1.57. The minimum absolute atomic E-state index is 0.149. The molecule has 1 N–H and O–H groups in total. The number of nitro benzene ring substituents is 1. The molecule has 1 aliphatic rings. The molecule has 10 heteroatoms. The molecule has 3 aromatic carbocycles. The van der Waals surface area contributed by atoms with E-state index < -0.39 is 16.1 Å². The van der Waals surface area contributed by atoms with Crippen LogP contribution in [0.2, 0.25) is 0 Å². The van der Waals surface area contributed by atoms with Gasteiger partial charge >= 0.3 is 0 Å². The number of thioether (sulfide) groups is 1. The minimum atomic E-state index is -0.542. The number of hydrogen-bond acceptors (Lipinski definition) is 7. The highest BCUT2D eigenvalue weighted by molar-refractivity contribution is 8.18. The van der Waals surface area contributed by atoms with Gasteiger partial charge in [-0.25, -0.2) is 0 Å². The third kappa shape index (κ3) is 5.97. The Morgan fingerprint density at radius 2 is 1.83 bits per heavy atom. The molecule has 3 amide bonds. The van der Waals surface area contributed by atoms with E-state index in [9.17, 15) is 24.5 Å². The number of rotatable bonds is 8. The third-order valence-corrected chi connectivity index (χ3v) is 6.15. The number of carbonyl (C=O) groups is 3. The Bertz CT molecular complexity index is 1370. The number of para-hydroxylation sites is 1. The van der Waals surface area contributed by atoms with Gasteiger partial charge in [-0.1, -0.05) is 42.5 Å². The highest BCUT2D eigenvalue weighted by atomic mass is 32.2. The summed E-state index contributed by atoms with van der Waals surface area (Å²) in [6.45, 7) is 1.58. The maximum Gasteiger partial charge on any atom is 0.293 e. The van der Waals surface area contributed by atoms with Gasteiger partial charge < -0.3 is 10.1 Å². The molecule has 0 bridgehead atoms. The molecule has 0 spiro atoms. The van der Waals surface area contributed by atoms with Crippen LogP contribution in [-0.2, 0) is 16.1 Å². The Labute approximate surface area is 210 Å². The zero-order valence-electron chi connectivity index (χ0n) is 19.2. The molecule has 36 heavy (non-hydrogen) atoms. The fourth-order valence-electron chi connectivity index (χ4n) is 3.51. The molecule has 1 fully saturated rings. The average Bonchev–Trinajstić information content (AvgIpc) is 3.11. The van der Waals surface area contributed by atoms with Crippen LogP contribution in [0.4, 0.5) is 16.2 Å². The Morgan fingerprint density at radius 3 is 2.56 bits per heavy atom. The van der Waals surface area contributed by atoms with Gasteiger partial charge in [-0.3, -0.25) is 29.4 Å². The molecule has 0 aromatic heterocycles. The smallest absolute Gasteiger partial charge is 0.293 e. The van der Waals surface area contributed by atoms with Crippen molar-refractivity contribution in [1.82, 2.24) is 4.90 Å². The third-order valence-electron chi connectivity index (χ3n) is 5.24. The van der Waals surface area contributed by atoms with Crippen molar-refractivity contribution in [3.8, 4) is 5.75 Å². The molecule has 3 aromatic rings. The lowest BCUT2D eigenvalue weighted by Crippen LogP contribution is -2.27. The Kier molecular flexibility index (Phi) is 7.45. The number of nitrogens with zero attached hydrogens (tertiary/aromatic N) is 2. The number of anilines is 1. The van der Waals surface area contributed by atoms with E-state index >= 15 is 0 Å². The summed E-state index contributed by atoms with van der Waals surface area (Å²) in [4.78, 5) is 49.2. The number of carbonyl (C=O) groups excluding carboxylic acids is 3. The highest BCUT2D eigenvalue weighted by Gasteiger charge is 2.36. The molecular weight excluding hydrogens is 482 g/mol. The van der Waals surface area contributed by atoms with Gasteiger partial charge in [-0.05, 0) is 60.2 Å². The predicted molar refractivity (Wildman–Crippen MR) is 136 cm³/mol. The zero-order valence-corrected chi connectivity index (χ0v) is 20.0. The number of nitrogens with one attached hydrogen (secondary N) is 1. The van der Waals surface area contributed by atoms with Gasteiger partial charge in [0.2, 0.25) is 0 Å². The van der Waals surface area contributed by atoms with Crippen LogP contribution < -0.4 is 10.1 Å². The fourth-order valence-corrected chi connectivity index (χ4v) is 4.35. The first kappa shape index (κ1) is 24.7. The van der Waals surface area contributed by atoms with Crippen molar-refractivity contribution in [2.24, 2.45) is 0 Å². The topological polar surface area (TPSA) is 119 Å². The molecule has 1 heterocycles. The van der Waals surface area contributed by atoms with E-state index in [0.717, 1.165) is 22.2 Å². The van der Waals surface area contributed by atoms with Crippen LogP contribution in [0.25, 0.3) is 6.08 Å². The Hall–Kier alpha value is -4.44. The minimum Gasteiger partial charge on any atom is -0.484 e. The van der Waals surface area contributed by atoms with Crippen molar-refractivity contribution in [2.45, 2.75) is 13.5 Å². The van der Waals surface area contributed by atoms with E-state index in [1.54, 1.807) is 42.5 Å². The average molecular weight is 504 g/mol. The SMILES string of the molecule is Cc1cccc(NC(=O)COc2ccc(/C=C3\SC(=O)N(Cc4ccccc4[N+](=O)[O-])C3=O)cc2)c1. The number of nitro groups is 1. The molecular formula is C26H21N3O6S. The Morgan fingerprint density at radius 1 is 1.08 bits per heavy atom. The first-order valence-corrected chi connectivity index (χ1v) is 11.7. The van der Waals surface area contributed by atoms with Crippen molar-refractivity contribution in [3.05, 3.63) is 105 Å². The van der Waals surface area contributed by atoms with E-state index in [4.69, 9.17) is 4.74 Å². The van der Waals surface area contributed by atoms with Crippen LogP contribution in [0, 0.1) is 17.0 Å². The summed E-state index contributed by atoms with van der Waals surface area (Å²) in [7, 11) is 0. The summed E-state index contributed by atoms with van der Waals surface area (Å²) < 4.78 is 5.53. The second kappa shape index (κ2) is 10.9. The van der Waals surface area contributed by atoms with E-state index in [-0.39, 0.29) is 35.2 Å². The molecule has 0 atom stereocenters. The summed E-state index contributed by atoms with van der Waals surface area (Å²) in [6, 6.07) is 20.1. The zero-order chi connectivity index (χ0) is 25.7. The van der Waals surface area contributed by atoms with Crippen LogP contribution in [0.5, 0.6) is 5.75 Å². The second-order valence-electron chi connectivity index (χ2n) is 7.93. The Balaban J connectivity index is 1.37. The van der Waals surface area contributed by atoms with Crippen LogP contribution in [0.15, 0.2) is 77.7 Å². The quantitative estimate of drug-likeness (QED) is 0.256. The van der Waals surface area contributed by atoms with Gasteiger partial charge in [0.1, 0.15) is 5.75 Å². The lowest BCUT2D eigenvalue weighted by atomic mass is 10.1. The van der Waals surface area contributed by atoms with Crippen LogP contribution in [0.3, 0.4) is 0 Å². The van der Waals surface area contributed by atoms with E-state index in [2.05, 4.69) is 5.32 Å². The molecule has 0 radical (unpaired) electrons. The van der Waals surface area contributed by atoms with E-state index in [0.29, 0.717) is 17.0 Å². The lowest BCUT2D eigenvalue weighted by Gasteiger charge is -2.12. The molecule has 0 saturated carbocycles. The monoisotopic (exact) mass is 503 g/mol. The van der Waals surface area contributed by atoms with Crippen LogP contribution in [-0.4, -0.2) is 33.5 Å². The lowest BCUT2D eigenvalue weighted by molar-refractivity contribution is -0.385. The first-order valence-electron chi connectivity index (χ1n) is 10.9. The van der Waals surface area contributed by atoms with Gasteiger partial charge in [0.25, 0.3) is 22.7 Å². The van der Waals surface area contributed by atoms with Gasteiger partial charge in [-0.2, -0.15) is 0 Å². The predicted octanol–water partition coefficient (Wildman–Crippen LogP) is 5.16. The fraction of sp³-hybridized carbons (Fsp3) is 0.115. The van der Waals surface area contributed by atoms with E-state index in [1.165, 1.54) is 18.2 Å². The number of aryl methyl sites for hydroxylation is 1. The van der Waals surface area contributed by atoms with E-state index in [1.807, 2.05) is 25.1 Å². The number of amides is 3. The van der Waals surface area contributed by atoms with Gasteiger partial charge in [0.15, 0.2) is 6.61 Å². The molecule has 1 saturated heterocycles. The van der Waals surface area contributed by atoms with Crippen molar-refractivity contribution >= 4 is 46.3 Å². The highest BCUT2D eigenvalue weighted by Crippen LogP contribution is 2.34. The van der Waals surface area contributed by atoms with Crippen molar-refractivity contribution in [2.75, 3.05) is 11.9 Å². The number of ether oxygens (including phenoxy) is 1. The van der Waals surface area contributed by atoms with Crippen molar-refractivity contribution in [3.63, 3.8) is 0 Å². The molecule has 182 valence electrons. The second-order valence-corrected chi connectivity index (χ2v) is 8.92. The van der Waals surface area contributed by atoms with Gasteiger partial charge in [-0.15, -0.1) is 0 Å². The molecule has 4 rings (SSSR count). The first-order chi connectivity index (χ1) is 17.3. The summed E-state index contributed by atoms with van der Waals surface area (Å²) in [5.74, 6) is -0.343. The molecule has 9 nitrogen and oxygen atoms in total. The number of hydrogen-bond donors (Lipinski definition) is 1. The van der Waals surface area contributed by atoms with Gasteiger partial charge in [0, 0.05) is 17.3 Å². The molecule has 0 unspecified atom stereocenters. The van der Waals surface area contributed by atoms with Crippen molar-refractivity contribution < 1.29 is 24.0 Å². The summed E-state index contributed by atoms with van der Waals surface area (Å²) in [5, 5.41) is 13.5. The van der Waals surface area contributed by atoms with Crippen molar-refractivity contribution in [1.29, 1.82) is 0 Å². The van der Waals surface area contributed by atoms with Gasteiger partial charge in [0.05, 0.1) is 16.4 Å². The summed E-state index contributed by atoms with van der Waals surface area (Å²) in [5.41, 5.74) is 2.50. The number of imide groups is 1. The standard InChI is InChI=1S/C26H21N3O6S/c1-17-5-4-7-20(13-17)27-24(30)16-35-21-11-9-18(10-12-21)14-23-25(31)28(26(32)36-23)15-19-6-2-3-8-22(19)29(33)34/h2-14H,15-16H2,1H3,(H,27,30)/b23-14-. The normalized spacial score (nSPS) is 14.2. The van der Waals surface area contributed by atoms with Crippen LogP contribution >= 0.6 is 11.8 Å². The summed E-state index contributed by atoms with van der Waals surface area (Å²) >= 11 is 0.775. The molecule has 0 aliphatic carbocycles. The maximum absolute atomic E-state index is 12.8. The number of benzene rings is 3. The molecule has 1 aliphatic heterocycles. The maximum atomic E-state index is 12.8. The van der Waals surface area contributed by atoms with Crippen LogP contribution in [0.1, 0.15) is 16.7 Å².